The Balaban J connectivity index is 1.34. The van der Waals surface area contributed by atoms with E-state index in [1.165, 1.54) is 19.1 Å². The zero-order valence-electron chi connectivity index (χ0n) is 18.9. The highest BCUT2D eigenvalue weighted by Crippen LogP contribution is 2.45. The molecule has 0 saturated heterocycles. The van der Waals surface area contributed by atoms with Gasteiger partial charge >= 0.3 is 12.0 Å². The minimum Gasteiger partial charge on any atom is -0.424 e. The van der Waals surface area contributed by atoms with Crippen LogP contribution in [0, 0.1) is 11.3 Å². The first-order valence-electron chi connectivity index (χ1n) is 11.8. The first-order chi connectivity index (χ1) is 17.2. The minimum atomic E-state index is -0.182. The minimum absolute atomic E-state index is 0.182. The lowest BCUT2D eigenvalue weighted by atomic mass is 9.93. The van der Waals surface area contributed by atoms with E-state index in [2.05, 4.69) is 36.2 Å². The number of urea groups is 1. The molecule has 2 heterocycles. The van der Waals surface area contributed by atoms with Crippen LogP contribution in [0.25, 0.3) is 22.2 Å². The van der Waals surface area contributed by atoms with Crippen molar-refractivity contribution in [3.8, 4) is 29.1 Å². The van der Waals surface area contributed by atoms with Crippen molar-refractivity contribution < 1.29 is 9.53 Å². The Morgan fingerprint density at radius 2 is 1.83 bits per heavy atom. The normalized spacial score (nSPS) is 15.3. The van der Waals surface area contributed by atoms with Gasteiger partial charge in [-0.05, 0) is 61.9 Å². The van der Waals surface area contributed by atoms with Crippen molar-refractivity contribution in [1.29, 1.82) is 5.26 Å². The molecule has 2 N–H and O–H groups in total. The number of aromatic nitrogens is 4. The van der Waals surface area contributed by atoms with E-state index < -0.39 is 0 Å². The Hall–Kier alpha value is -4.45. The molecular weight excluding hydrogens is 442 g/mol. The van der Waals surface area contributed by atoms with Crippen LogP contribution in [-0.4, -0.2) is 31.6 Å². The van der Waals surface area contributed by atoms with Gasteiger partial charge in [0.15, 0.2) is 0 Å². The molecule has 0 bridgehead atoms. The predicted molar refractivity (Wildman–Crippen MR) is 130 cm³/mol. The molecular formula is C26H23N7O2. The molecule has 2 aliphatic carbocycles. The molecule has 0 spiro atoms. The van der Waals surface area contributed by atoms with Gasteiger partial charge in [0.25, 0.3) is 0 Å². The molecule has 9 heteroatoms. The third kappa shape index (κ3) is 4.15. The highest BCUT2D eigenvalue weighted by molar-refractivity contribution is 5.96. The van der Waals surface area contributed by atoms with Crippen LogP contribution in [0.15, 0.2) is 55.1 Å². The number of nitrogens with zero attached hydrogens (tertiary/aromatic N) is 5. The Morgan fingerprint density at radius 3 is 2.49 bits per heavy atom. The lowest BCUT2D eigenvalue weighted by molar-refractivity contribution is 0.240. The predicted octanol–water partition coefficient (Wildman–Crippen LogP) is 5.17. The fourth-order valence-corrected chi connectivity index (χ4v) is 4.47. The van der Waals surface area contributed by atoms with Crippen molar-refractivity contribution in [2.24, 2.45) is 0 Å². The largest absolute Gasteiger partial charge is 0.424 e. The number of carbonyl (C=O) groups excluding carboxylic acids is 1. The van der Waals surface area contributed by atoms with Crippen molar-refractivity contribution in [2.45, 2.75) is 44.2 Å². The molecule has 2 aromatic heterocycles. The molecule has 0 aliphatic heterocycles. The van der Waals surface area contributed by atoms with E-state index in [9.17, 15) is 10.1 Å². The molecule has 2 saturated carbocycles. The third-order valence-electron chi connectivity index (χ3n) is 6.54. The molecule has 9 nitrogen and oxygen atoms in total. The van der Waals surface area contributed by atoms with E-state index in [4.69, 9.17) is 4.74 Å². The van der Waals surface area contributed by atoms with E-state index in [-0.39, 0.29) is 18.1 Å². The summed E-state index contributed by atoms with van der Waals surface area (Å²) in [5.41, 5.74) is 4.09. The number of nitrogens with one attached hydrogen (secondary N) is 2. The van der Waals surface area contributed by atoms with Crippen LogP contribution < -0.4 is 15.4 Å². The highest BCUT2D eigenvalue weighted by atomic mass is 16.5. The van der Waals surface area contributed by atoms with Crippen LogP contribution in [-0.2, 0) is 0 Å². The Kier molecular flexibility index (Phi) is 5.26. The Morgan fingerprint density at radius 1 is 1.06 bits per heavy atom. The summed E-state index contributed by atoms with van der Waals surface area (Å²) in [5, 5.41) is 16.9. The molecule has 174 valence electrons. The van der Waals surface area contributed by atoms with Gasteiger partial charge in [0.05, 0.1) is 16.8 Å². The lowest BCUT2D eigenvalue weighted by Gasteiger charge is -2.26. The second-order valence-electron chi connectivity index (χ2n) is 8.94. The van der Waals surface area contributed by atoms with Crippen molar-refractivity contribution in [3.05, 3.63) is 60.7 Å². The maximum atomic E-state index is 12.2. The van der Waals surface area contributed by atoms with E-state index >= 15 is 0 Å². The van der Waals surface area contributed by atoms with Gasteiger partial charge in [-0.25, -0.2) is 9.78 Å². The van der Waals surface area contributed by atoms with Gasteiger partial charge in [0.2, 0.25) is 0 Å². The fraction of sp³-hybridized carbons (Fsp3) is 0.269. The number of benzene rings is 2. The van der Waals surface area contributed by atoms with Gasteiger partial charge in [-0.3, -0.25) is 0 Å². The molecule has 2 fully saturated rings. The molecule has 35 heavy (non-hydrogen) atoms. The number of anilines is 1. The number of nitriles is 1. The van der Waals surface area contributed by atoms with Crippen LogP contribution in [0.1, 0.15) is 43.7 Å². The first-order valence-corrected chi connectivity index (χ1v) is 11.8. The van der Waals surface area contributed by atoms with Crippen LogP contribution in [0.3, 0.4) is 0 Å². The molecule has 0 atom stereocenters. The summed E-state index contributed by atoms with van der Waals surface area (Å²) < 4.78 is 8.05. The highest BCUT2D eigenvalue weighted by Gasteiger charge is 2.31. The summed E-state index contributed by atoms with van der Waals surface area (Å²) in [4.78, 5) is 24.1. The Labute approximate surface area is 201 Å². The van der Waals surface area contributed by atoms with Crippen LogP contribution in [0.5, 0.6) is 11.8 Å². The quantitative estimate of drug-likeness (QED) is 0.406. The summed E-state index contributed by atoms with van der Waals surface area (Å²) >= 11 is 0. The monoisotopic (exact) mass is 465 g/mol. The van der Waals surface area contributed by atoms with E-state index in [0.29, 0.717) is 23.0 Å². The molecule has 0 radical (unpaired) electrons. The lowest BCUT2D eigenvalue weighted by Crippen LogP contribution is -2.41. The number of hydrogen-bond donors (Lipinski definition) is 2. The smallest absolute Gasteiger partial charge is 0.324 e. The second kappa shape index (κ2) is 8.72. The average molecular weight is 466 g/mol. The summed E-state index contributed by atoms with van der Waals surface area (Å²) in [7, 11) is 0. The molecule has 4 aromatic rings. The van der Waals surface area contributed by atoms with Crippen molar-refractivity contribution in [3.63, 3.8) is 0 Å². The van der Waals surface area contributed by atoms with Crippen molar-refractivity contribution in [1.82, 2.24) is 24.8 Å². The number of hydrogen-bond acceptors (Lipinski definition) is 6. The van der Waals surface area contributed by atoms with Gasteiger partial charge in [-0.15, -0.1) is 0 Å². The van der Waals surface area contributed by atoms with Crippen LogP contribution >= 0.6 is 0 Å². The topological polar surface area (TPSA) is 118 Å². The average Bonchev–Trinajstić information content (AvgIpc) is 3.64. The summed E-state index contributed by atoms with van der Waals surface area (Å²) in [6, 6.07) is 16.4. The Bertz CT molecular complexity index is 1430. The zero-order valence-corrected chi connectivity index (χ0v) is 18.9. The van der Waals surface area contributed by atoms with Crippen molar-refractivity contribution >= 4 is 22.6 Å². The third-order valence-corrected chi connectivity index (χ3v) is 6.54. The number of fused-ring (bicyclic) bond motifs is 1. The number of rotatable bonds is 6. The van der Waals surface area contributed by atoms with Crippen LogP contribution in [0.2, 0.25) is 0 Å². The maximum Gasteiger partial charge on any atom is 0.324 e. The van der Waals surface area contributed by atoms with E-state index in [1.54, 1.807) is 0 Å². The molecule has 0 unspecified atom stereocenters. The van der Waals surface area contributed by atoms with Gasteiger partial charge in [-0.1, -0.05) is 12.1 Å². The van der Waals surface area contributed by atoms with E-state index in [0.717, 1.165) is 47.8 Å². The molecule has 2 aliphatic rings. The molecule has 2 amide bonds. The molecule has 2 aromatic carbocycles. The van der Waals surface area contributed by atoms with Gasteiger partial charge in [-0.2, -0.15) is 15.2 Å². The number of ether oxygens (including phenoxy) is 1. The second-order valence-corrected chi connectivity index (χ2v) is 8.94. The van der Waals surface area contributed by atoms with Gasteiger partial charge < -0.3 is 19.9 Å². The maximum absolute atomic E-state index is 12.2. The summed E-state index contributed by atoms with van der Waals surface area (Å²) in [5.74, 6) is 0.594. The summed E-state index contributed by atoms with van der Waals surface area (Å²) in [6.07, 6.45) is 8.13. The van der Waals surface area contributed by atoms with Crippen molar-refractivity contribution in [2.75, 3.05) is 5.32 Å². The fourth-order valence-electron chi connectivity index (χ4n) is 4.47. The van der Waals surface area contributed by atoms with E-state index in [1.807, 2.05) is 42.5 Å². The SMILES string of the molecule is N#Cc1c(-c2ccc(NC(=O)NC3CCC3)cc2)n(C2CC2)c2cc(Oc3ncncn3)ccc12. The van der Waals surface area contributed by atoms with Gasteiger partial charge in [0, 0.05) is 29.2 Å². The number of amides is 2. The van der Waals surface area contributed by atoms with Crippen LogP contribution in [0.4, 0.5) is 10.5 Å². The zero-order chi connectivity index (χ0) is 23.8. The standard InChI is InChI=1S/C26H23N7O2/c27-13-22-21-11-10-20(35-26-29-14-28-15-30-26)12-23(21)33(19-8-9-19)24(22)16-4-6-18(7-5-16)32-25(34)31-17-2-1-3-17/h4-7,10-12,14-15,17,19H,1-3,8-9H2,(H2,31,32,34). The first kappa shape index (κ1) is 21.1. The van der Waals surface area contributed by atoms with Gasteiger partial charge in [0.1, 0.15) is 24.5 Å². The number of carbonyl (C=O) groups is 1. The molecule has 6 rings (SSSR count). The summed E-state index contributed by atoms with van der Waals surface area (Å²) in [6.45, 7) is 0.